The summed E-state index contributed by atoms with van der Waals surface area (Å²) in [5, 5.41) is 0. The Bertz CT molecular complexity index is 274. The van der Waals surface area contributed by atoms with Crippen LogP contribution in [-0.4, -0.2) is 44.0 Å². The molecule has 0 aromatic rings. The number of ether oxygens (including phenoxy) is 1. The molecule has 1 unspecified atom stereocenters. The Morgan fingerprint density at radius 1 is 1.44 bits per heavy atom. The fraction of sp³-hybridized carbons (Fsp3) is 0.933. The van der Waals surface area contributed by atoms with E-state index in [1.54, 1.807) is 7.11 Å². The van der Waals surface area contributed by atoms with E-state index >= 15 is 0 Å². The molecule has 1 saturated carbocycles. The molecule has 0 aromatic carbocycles. The number of hydrogen-bond donors (Lipinski definition) is 0. The van der Waals surface area contributed by atoms with Crippen molar-refractivity contribution in [3.8, 4) is 0 Å². The van der Waals surface area contributed by atoms with Gasteiger partial charge >= 0.3 is 0 Å². The van der Waals surface area contributed by atoms with Crippen molar-refractivity contribution in [2.45, 2.75) is 40.5 Å². The largest absolute Gasteiger partial charge is 0.383 e. The molecule has 0 saturated heterocycles. The average Bonchev–Trinajstić information content (AvgIpc) is 2.52. The normalized spacial score (nSPS) is 23.3. The van der Waals surface area contributed by atoms with Crippen molar-refractivity contribution in [1.82, 2.24) is 4.90 Å². The van der Waals surface area contributed by atoms with Gasteiger partial charge < -0.3 is 9.64 Å². The molecule has 3 heteroatoms. The maximum atomic E-state index is 12.3. The second kappa shape index (κ2) is 6.67. The molecule has 1 aliphatic carbocycles. The van der Waals surface area contributed by atoms with Gasteiger partial charge in [-0.15, -0.1) is 0 Å². The number of ketones is 1. The topological polar surface area (TPSA) is 29.5 Å². The highest BCUT2D eigenvalue weighted by atomic mass is 16.5. The minimum atomic E-state index is -0.102. The number of carbonyl (C=O) groups is 1. The van der Waals surface area contributed by atoms with Crippen LogP contribution in [0.4, 0.5) is 0 Å². The van der Waals surface area contributed by atoms with Gasteiger partial charge in [0.15, 0.2) is 0 Å². The lowest BCUT2D eigenvalue weighted by atomic mass is 9.89. The minimum absolute atomic E-state index is 0.102. The van der Waals surface area contributed by atoms with Crippen LogP contribution in [0.25, 0.3) is 0 Å². The molecule has 0 bridgehead atoms. The van der Waals surface area contributed by atoms with E-state index in [9.17, 15) is 4.79 Å². The van der Waals surface area contributed by atoms with Crippen molar-refractivity contribution in [2.24, 2.45) is 17.3 Å². The summed E-state index contributed by atoms with van der Waals surface area (Å²) >= 11 is 0. The first-order valence-electron chi connectivity index (χ1n) is 7.12. The summed E-state index contributed by atoms with van der Waals surface area (Å²) in [5.74, 6) is 1.32. The van der Waals surface area contributed by atoms with Gasteiger partial charge in [-0.25, -0.2) is 0 Å². The molecule has 0 radical (unpaired) electrons. The summed E-state index contributed by atoms with van der Waals surface area (Å²) in [6.07, 6.45) is 2.09. The van der Waals surface area contributed by atoms with Crippen molar-refractivity contribution in [1.29, 1.82) is 0 Å². The molecular weight excluding hydrogens is 226 g/mol. The van der Waals surface area contributed by atoms with Gasteiger partial charge in [0.25, 0.3) is 0 Å². The Hall–Kier alpha value is -0.410. The van der Waals surface area contributed by atoms with Gasteiger partial charge in [-0.05, 0) is 18.8 Å². The predicted octanol–water partition coefficient (Wildman–Crippen LogP) is 2.60. The standard InChI is InChI=1S/C15H29NO2/c1-12(2)10-16(8-9-18-5)11-13-6-7-15(3,4)14(13)17/h12-13H,6-11H2,1-5H3. The number of rotatable bonds is 7. The van der Waals surface area contributed by atoms with E-state index in [2.05, 4.69) is 32.6 Å². The lowest BCUT2D eigenvalue weighted by molar-refractivity contribution is -0.128. The van der Waals surface area contributed by atoms with Crippen molar-refractivity contribution in [3.05, 3.63) is 0 Å². The summed E-state index contributed by atoms with van der Waals surface area (Å²) in [7, 11) is 1.73. The van der Waals surface area contributed by atoms with E-state index in [1.165, 1.54) is 0 Å². The molecule has 18 heavy (non-hydrogen) atoms. The lowest BCUT2D eigenvalue weighted by Crippen LogP contribution is -2.37. The number of nitrogens with zero attached hydrogens (tertiary/aromatic N) is 1. The highest BCUT2D eigenvalue weighted by Gasteiger charge is 2.40. The van der Waals surface area contributed by atoms with Crippen LogP contribution in [0.2, 0.25) is 0 Å². The van der Waals surface area contributed by atoms with E-state index in [-0.39, 0.29) is 11.3 Å². The number of carbonyl (C=O) groups excluding carboxylic acids is 1. The Morgan fingerprint density at radius 3 is 2.56 bits per heavy atom. The lowest BCUT2D eigenvalue weighted by Gasteiger charge is -2.27. The molecule has 106 valence electrons. The van der Waals surface area contributed by atoms with Crippen LogP contribution < -0.4 is 0 Å². The first kappa shape index (κ1) is 15.6. The Labute approximate surface area is 112 Å². The van der Waals surface area contributed by atoms with Crippen LogP contribution in [0.1, 0.15) is 40.5 Å². The molecule has 0 amide bonds. The average molecular weight is 255 g/mol. The van der Waals surface area contributed by atoms with E-state index < -0.39 is 0 Å². The molecule has 1 rings (SSSR count). The fourth-order valence-corrected chi connectivity index (χ4v) is 2.82. The van der Waals surface area contributed by atoms with E-state index in [0.717, 1.165) is 39.1 Å². The second-order valence-electron chi connectivity index (χ2n) is 6.63. The molecule has 0 spiro atoms. The van der Waals surface area contributed by atoms with Crippen LogP contribution in [0.3, 0.4) is 0 Å². The number of methoxy groups -OCH3 is 1. The van der Waals surface area contributed by atoms with Gasteiger partial charge in [-0.1, -0.05) is 27.7 Å². The van der Waals surface area contributed by atoms with Crippen molar-refractivity contribution in [3.63, 3.8) is 0 Å². The molecule has 1 aliphatic rings. The third-order valence-electron chi connectivity index (χ3n) is 3.87. The van der Waals surface area contributed by atoms with E-state index in [0.29, 0.717) is 11.7 Å². The third kappa shape index (κ3) is 4.36. The molecule has 1 fully saturated rings. The first-order valence-corrected chi connectivity index (χ1v) is 7.12. The second-order valence-corrected chi connectivity index (χ2v) is 6.63. The third-order valence-corrected chi connectivity index (χ3v) is 3.87. The fourth-order valence-electron chi connectivity index (χ4n) is 2.82. The van der Waals surface area contributed by atoms with Crippen LogP contribution >= 0.6 is 0 Å². The summed E-state index contributed by atoms with van der Waals surface area (Å²) < 4.78 is 5.16. The van der Waals surface area contributed by atoms with Gasteiger partial charge in [0.05, 0.1) is 6.61 Å². The smallest absolute Gasteiger partial charge is 0.142 e. The van der Waals surface area contributed by atoms with Gasteiger partial charge in [-0.3, -0.25) is 4.79 Å². The Morgan fingerprint density at radius 2 is 2.11 bits per heavy atom. The van der Waals surface area contributed by atoms with Crippen LogP contribution in [0.5, 0.6) is 0 Å². The van der Waals surface area contributed by atoms with Crippen LogP contribution in [0, 0.1) is 17.3 Å². The minimum Gasteiger partial charge on any atom is -0.383 e. The number of Topliss-reactive ketones (excluding diaryl/α,β-unsaturated/α-hetero) is 1. The van der Waals surface area contributed by atoms with Gasteiger partial charge in [0, 0.05) is 38.1 Å². The molecule has 0 aromatic heterocycles. The highest BCUT2D eigenvalue weighted by Crippen LogP contribution is 2.37. The molecule has 0 aliphatic heterocycles. The quantitative estimate of drug-likeness (QED) is 0.700. The molecular formula is C15H29NO2. The maximum Gasteiger partial charge on any atom is 0.142 e. The van der Waals surface area contributed by atoms with Crippen molar-refractivity contribution < 1.29 is 9.53 Å². The van der Waals surface area contributed by atoms with Gasteiger partial charge in [0.2, 0.25) is 0 Å². The van der Waals surface area contributed by atoms with E-state index in [1.807, 2.05) is 0 Å². The zero-order valence-corrected chi connectivity index (χ0v) is 12.7. The van der Waals surface area contributed by atoms with Gasteiger partial charge in [0.1, 0.15) is 5.78 Å². The molecule has 3 nitrogen and oxygen atoms in total. The summed E-state index contributed by atoms with van der Waals surface area (Å²) in [5.41, 5.74) is -0.102. The van der Waals surface area contributed by atoms with Crippen LogP contribution in [-0.2, 0) is 9.53 Å². The molecule has 0 heterocycles. The zero-order chi connectivity index (χ0) is 13.8. The molecule has 1 atom stereocenters. The Balaban J connectivity index is 2.52. The maximum absolute atomic E-state index is 12.3. The number of hydrogen-bond acceptors (Lipinski definition) is 3. The summed E-state index contributed by atoms with van der Waals surface area (Å²) in [4.78, 5) is 14.7. The van der Waals surface area contributed by atoms with Crippen molar-refractivity contribution in [2.75, 3.05) is 33.4 Å². The van der Waals surface area contributed by atoms with Crippen LogP contribution in [0.15, 0.2) is 0 Å². The van der Waals surface area contributed by atoms with Crippen molar-refractivity contribution >= 4 is 5.78 Å². The monoisotopic (exact) mass is 255 g/mol. The molecule has 0 N–H and O–H groups in total. The zero-order valence-electron chi connectivity index (χ0n) is 12.7. The highest BCUT2D eigenvalue weighted by molar-refractivity contribution is 5.88. The summed E-state index contributed by atoms with van der Waals surface area (Å²) in [6, 6.07) is 0. The van der Waals surface area contributed by atoms with Gasteiger partial charge in [-0.2, -0.15) is 0 Å². The van der Waals surface area contributed by atoms with E-state index in [4.69, 9.17) is 4.74 Å². The summed E-state index contributed by atoms with van der Waals surface area (Å²) in [6.45, 7) is 12.2. The SMILES string of the molecule is COCCN(CC(C)C)CC1CCC(C)(C)C1=O. The predicted molar refractivity (Wildman–Crippen MR) is 74.7 cm³/mol. The Kier molecular flexibility index (Phi) is 5.80. The first-order chi connectivity index (χ1) is 8.36.